The van der Waals surface area contributed by atoms with Crippen molar-refractivity contribution in [3.05, 3.63) is 148 Å². The maximum Gasteiger partial charge on any atom is 0.305 e. The number of carbonyl (C=O) groups is 11. The molecule has 0 bridgehead atoms. The van der Waals surface area contributed by atoms with Crippen LogP contribution in [-0.2, 0) is 91.3 Å². The molecular weight excluding hydrogens is 1390 g/mol. The zero-order chi connectivity index (χ0) is 79.0. The number of aryl methyl sites for hydroxylation is 5. The third kappa shape index (κ3) is 28.1. The van der Waals surface area contributed by atoms with Gasteiger partial charge in [-0.25, -0.2) is 9.37 Å². The number of nitrogens with zero attached hydrogens (tertiary/aromatic N) is 4. The lowest BCUT2D eigenvalue weighted by Crippen LogP contribution is -2.55. The number of carboxylic acid groups (broad SMARTS) is 1. The van der Waals surface area contributed by atoms with Crippen molar-refractivity contribution in [2.45, 2.75) is 212 Å². The molecule has 10 atom stereocenters. The number of aromatic nitrogens is 6. The Labute approximate surface area is 627 Å². The number of benzene rings is 4. The molecule has 0 aliphatic carbocycles. The average molecular weight is 1500 g/mol. The number of carboxylic acids is 1. The minimum Gasteiger partial charge on any atom is -0.494 e. The Hall–Kier alpha value is -10.3. The van der Waals surface area contributed by atoms with Gasteiger partial charge in [0.15, 0.2) is 29.0 Å². The van der Waals surface area contributed by atoms with Crippen molar-refractivity contribution in [1.82, 2.24) is 57.2 Å². The van der Waals surface area contributed by atoms with Crippen molar-refractivity contribution >= 4 is 64.5 Å². The first kappa shape index (κ1) is 86.6. The summed E-state index contributed by atoms with van der Waals surface area (Å²) in [5, 5.41) is 69.1. The summed E-state index contributed by atoms with van der Waals surface area (Å²) in [5.41, 5.74) is 16.7. The summed E-state index contributed by atoms with van der Waals surface area (Å²) in [6, 6.07) is 16.4. The zero-order valence-corrected chi connectivity index (χ0v) is 62.2. The number of aliphatic hydroxyl groups is 3. The van der Waals surface area contributed by atoms with Crippen LogP contribution in [0.15, 0.2) is 97.5 Å². The summed E-state index contributed by atoms with van der Waals surface area (Å²) in [4.78, 5) is 160. The molecule has 15 N–H and O–H groups in total. The first-order valence-electron chi connectivity index (χ1n) is 36.6. The van der Waals surface area contributed by atoms with E-state index >= 15 is 4.39 Å². The highest BCUT2D eigenvalue weighted by molar-refractivity contribution is 6.00. The van der Waals surface area contributed by atoms with Crippen molar-refractivity contribution in [1.29, 1.82) is 0 Å². The molecule has 29 nitrogen and oxygen atoms in total. The van der Waals surface area contributed by atoms with Crippen LogP contribution in [0.25, 0.3) is 11.1 Å². The number of nitrogens with two attached hydrogens (primary N) is 2. The van der Waals surface area contributed by atoms with Crippen LogP contribution in [-0.4, -0.2) is 178 Å². The van der Waals surface area contributed by atoms with Gasteiger partial charge < -0.3 is 68.2 Å². The molecule has 6 amide bonds. The van der Waals surface area contributed by atoms with Gasteiger partial charge in [0.25, 0.3) is 0 Å². The summed E-state index contributed by atoms with van der Waals surface area (Å²) >= 11 is 0. The van der Waals surface area contributed by atoms with Crippen molar-refractivity contribution in [2.75, 3.05) is 19.8 Å². The maximum atomic E-state index is 15.5. The number of amides is 6. The fourth-order valence-electron chi connectivity index (χ4n) is 12.9. The number of nitrogens with one attached hydrogen (secondary N) is 7. The Balaban J connectivity index is 1.16. The van der Waals surface area contributed by atoms with E-state index in [1.165, 1.54) is 32.0 Å². The number of ketones is 4. The molecule has 584 valence electrons. The number of Topliss-reactive ketones (excluding diaryl/α,β-unsaturated/α-hetero) is 4. The van der Waals surface area contributed by atoms with E-state index in [9.17, 15) is 73.2 Å². The summed E-state index contributed by atoms with van der Waals surface area (Å²) in [6.07, 6.45) is 0.666. The fraction of sp³-hybridized carbons (Fsp3) is 0.500. The van der Waals surface area contributed by atoms with Crippen LogP contribution in [0, 0.1) is 36.9 Å². The molecule has 0 saturated heterocycles. The van der Waals surface area contributed by atoms with Crippen LogP contribution in [0.5, 0.6) is 5.75 Å². The summed E-state index contributed by atoms with van der Waals surface area (Å²) in [5.74, 6) is -13.5. The molecule has 6 aromatic rings. The van der Waals surface area contributed by atoms with Crippen molar-refractivity contribution in [3.8, 4) is 16.9 Å². The highest BCUT2D eigenvalue weighted by Crippen LogP contribution is 2.32. The number of ether oxygens (including phenoxy) is 1. The number of rotatable bonds is 50. The number of H-pyrrole nitrogens is 2. The van der Waals surface area contributed by atoms with Gasteiger partial charge in [-0.1, -0.05) is 103 Å². The van der Waals surface area contributed by atoms with E-state index in [-0.39, 0.29) is 37.1 Å². The van der Waals surface area contributed by atoms with Crippen LogP contribution >= 0.6 is 0 Å². The summed E-state index contributed by atoms with van der Waals surface area (Å²) in [7, 11) is 0. The van der Waals surface area contributed by atoms with E-state index in [1.54, 1.807) is 24.7 Å². The van der Waals surface area contributed by atoms with Crippen LogP contribution in [0.3, 0.4) is 0 Å². The zero-order valence-electron chi connectivity index (χ0n) is 62.2. The molecule has 2 aromatic heterocycles. The second-order valence-electron chi connectivity index (χ2n) is 28.1. The average Bonchev–Trinajstić information content (AvgIpc) is 0.857. The summed E-state index contributed by atoms with van der Waals surface area (Å²) < 4.78 is 21.5. The molecule has 2 heterocycles. The smallest absolute Gasteiger partial charge is 0.305 e. The SMILES string of the molecule is CCc1cc(OCCCCN)ccc1-c1ccc(C[C@H](CC(=O)[C@H](CC(=O)O)NC(=O)[C@H](CO)CC(=O)[C@@H](NC(=O)[C@@](C)(CC(=O)[C@@H](NC(=O)CCC(=O)[C@H](Cc2nn[nH]n2)NC(=O)CCCCCc2cnc[nH]2)[C@@H](C)O)Cc2ccccc2F)[C@@H](C)O)C(=O)N[C@@H](CCCc2cc(C)cc(C)c2)C(N)=O)cc1. The van der Waals surface area contributed by atoms with E-state index in [0.717, 1.165) is 77.7 Å². The van der Waals surface area contributed by atoms with Crippen LogP contribution in [0.4, 0.5) is 4.39 Å². The molecule has 0 fully saturated rings. The van der Waals surface area contributed by atoms with Crippen LogP contribution in [0.2, 0.25) is 0 Å². The molecule has 0 aliphatic rings. The van der Waals surface area contributed by atoms with Gasteiger partial charge in [-0.3, -0.25) is 52.7 Å². The van der Waals surface area contributed by atoms with E-state index in [1.807, 2.05) is 69.3 Å². The lowest BCUT2D eigenvalue weighted by atomic mass is 9.76. The lowest BCUT2D eigenvalue weighted by molar-refractivity contribution is -0.142. The van der Waals surface area contributed by atoms with E-state index in [2.05, 4.69) is 57.2 Å². The molecule has 0 spiro atoms. The van der Waals surface area contributed by atoms with Gasteiger partial charge in [-0.2, -0.15) is 5.21 Å². The highest BCUT2D eigenvalue weighted by Gasteiger charge is 2.43. The Bertz CT molecular complexity index is 3970. The fourth-order valence-corrected chi connectivity index (χ4v) is 12.9. The predicted molar refractivity (Wildman–Crippen MR) is 396 cm³/mol. The first-order valence-corrected chi connectivity index (χ1v) is 36.6. The highest BCUT2D eigenvalue weighted by atomic mass is 19.1. The Morgan fingerprint density at radius 3 is 1.96 bits per heavy atom. The number of hydrogen-bond donors (Lipinski definition) is 13. The van der Waals surface area contributed by atoms with E-state index in [0.29, 0.717) is 56.6 Å². The molecule has 4 aromatic carbocycles. The number of hydrogen-bond acceptors (Lipinski definition) is 20. The minimum atomic E-state index is -2.06. The number of aliphatic hydroxyl groups excluding tert-OH is 3. The molecule has 108 heavy (non-hydrogen) atoms. The number of primary amides is 1. The third-order valence-corrected chi connectivity index (χ3v) is 18.8. The number of unbranched alkanes of at least 4 members (excludes halogenated alkanes) is 3. The van der Waals surface area contributed by atoms with E-state index in [4.69, 9.17) is 16.2 Å². The summed E-state index contributed by atoms with van der Waals surface area (Å²) in [6.45, 7) is 9.41. The van der Waals surface area contributed by atoms with Crippen LogP contribution < -0.4 is 42.8 Å². The Morgan fingerprint density at radius 1 is 0.657 bits per heavy atom. The number of aromatic amines is 2. The number of carbonyl (C=O) groups excluding carboxylic acids is 10. The molecule has 6 rings (SSSR count). The monoisotopic (exact) mass is 1500 g/mol. The van der Waals surface area contributed by atoms with Crippen molar-refractivity contribution in [3.63, 3.8) is 0 Å². The lowest BCUT2D eigenvalue weighted by Gasteiger charge is -2.33. The standard InChI is InChI=1S/C78H104FN13O16/c1-7-52-36-58(108-31-14-13-30-80)26-27-59(52)53-24-22-50(23-25-53)35-55(75(105)85-61(74(81)104)20-15-16-51-33-46(2)32-47(3)34-51)37-65(97)63(40-71(102)103)86-76(106)56(44-93)38-66(98)72(48(4)94)88-77(107)78(6,41-54-17-11-12-19-60(54)79)42-67(99)73(49(5)95)87-70(101)29-28-64(96)62(39-68-89-91-92-90-68)84-69(100)21-10-8-9-18-57-43-82-45-83-57/h11-12,17,19,22-27,32-34,36,43,45,48-49,55-56,61-63,72-73,93-95H,7-10,13-16,18,20-21,28-31,35,37-42,44,80H2,1-6H3,(H2,81,104)(H,82,83)(H,84,100)(H,85,105)(H,86,106)(H,87,101)(H,88,107)(H,102,103)(H,89,90,91,92)/t48-,49-,55-,56+,61+,62+,63+,72+,73+,78-/m1/s1. The van der Waals surface area contributed by atoms with Gasteiger partial charge in [0.2, 0.25) is 35.4 Å². The van der Waals surface area contributed by atoms with Crippen molar-refractivity contribution in [2.24, 2.45) is 28.7 Å². The van der Waals surface area contributed by atoms with Gasteiger partial charge in [-0.15, -0.1) is 10.2 Å². The second-order valence-corrected chi connectivity index (χ2v) is 28.1. The van der Waals surface area contributed by atoms with Gasteiger partial charge in [0.05, 0.1) is 61.6 Å². The van der Waals surface area contributed by atoms with Crippen molar-refractivity contribution < 1.29 is 82.3 Å². The number of imidazole rings is 1. The van der Waals surface area contributed by atoms with Gasteiger partial charge in [-0.05, 0) is 156 Å². The molecule has 0 unspecified atom stereocenters. The quantitative estimate of drug-likeness (QED) is 0.0234. The molecule has 0 aliphatic heterocycles. The molecular formula is C78H104FN13O16. The second kappa shape index (κ2) is 43.5. The number of tetrazole rings is 1. The number of halogens is 1. The molecule has 0 radical (unpaired) electrons. The maximum absolute atomic E-state index is 15.5. The third-order valence-electron chi connectivity index (χ3n) is 18.8. The Kier molecular flexibility index (Phi) is 34.9. The predicted octanol–water partition coefficient (Wildman–Crippen LogP) is 4.48. The normalized spacial score (nSPS) is 14.4. The first-order chi connectivity index (χ1) is 51.5. The largest absolute Gasteiger partial charge is 0.494 e. The van der Waals surface area contributed by atoms with E-state index < -0.39 is 182 Å². The van der Waals surface area contributed by atoms with Crippen LogP contribution in [0.1, 0.15) is 162 Å². The van der Waals surface area contributed by atoms with Gasteiger partial charge >= 0.3 is 5.97 Å². The molecule has 0 saturated carbocycles. The topological polar surface area (TPSA) is 473 Å². The Morgan fingerprint density at radius 2 is 1.33 bits per heavy atom. The molecule has 30 heteroatoms. The number of aliphatic carboxylic acids is 1. The van der Waals surface area contributed by atoms with Gasteiger partial charge in [0, 0.05) is 62.8 Å². The van der Waals surface area contributed by atoms with Gasteiger partial charge in [0.1, 0.15) is 29.7 Å². The minimum absolute atomic E-state index is 0.0887.